The summed E-state index contributed by atoms with van der Waals surface area (Å²) in [5.74, 6) is -0.185. The predicted octanol–water partition coefficient (Wildman–Crippen LogP) is 1.75. The van der Waals surface area contributed by atoms with Crippen LogP contribution in [0, 0.1) is 0 Å². The molecule has 2 fully saturated rings. The van der Waals surface area contributed by atoms with Crippen molar-refractivity contribution in [2.45, 2.75) is 36.8 Å². The van der Waals surface area contributed by atoms with Gasteiger partial charge in [-0.05, 0) is 53.9 Å². The second kappa shape index (κ2) is 6.51. The molecular formula is C15H19BrN2O4S. The van der Waals surface area contributed by atoms with Crippen molar-refractivity contribution in [3.8, 4) is 0 Å². The number of hydrogen-bond donors (Lipinski definition) is 1. The number of amides is 1. The Bertz CT molecular complexity index is 718. The van der Waals surface area contributed by atoms with Crippen LogP contribution in [0.2, 0.25) is 0 Å². The highest BCUT2D eigenvalue weighted by Crippen LogP contribution is 2.26. The number of carbonyl (C=O) groups excluding carboxylic acids is 1. The van der Waals surface area contributed by atoms with Crippen LogP contribution in [0.1, 0.15) is 30.1 Å². The van der Waals surface area contributed by atoms with E-state index in [4.69, 9.17) is 4.74 Å². The van der Waals surface area contributed by atoms with Crippen LogP contribution in [-0.2, 0) is 14.8 Å². The molecule has 1 saturated heterocycles. The van der Waals surface area contributed by atoms with Crippen molar-refractivity contribution < 1.29 is 17.9 Å². The number of halogens is 1. The van der Waals surface area contributed by atoms with Crippen molar-refractivity contribution in [2.75, 3.05) is 19.7 Å². The topological polar surface area (TPSA) is 75.7 Å². The Labute approximate surface area is 144 Å². The van der Waals surface area contributed by atoms with Gasteiger partial charge in [0, 0.05) is 23.6 Å². The molecule has 23 heavy (non-hydrogen) atoms. The maximum Gasteiger partial charge on any atom is 0.255 e. The van der Waals surface area contributed by atoms with Crippen molar-refractivity contribution in [3.05, 3.63) is 28.2 Å². The molecule has 1 atom stereocenters. The number of sulfonamides is 1. The molecule has 0 spiro atoms. The fourth-order valence-electron chi connectivity index (χ4n) is 2.50. The van der Waals surface area contributed by atoms with Crippen molar-refractivity contribution in [3.63, 3.8) is 0 Å². The largest absolute Gasteiger partial charge is 0.375 e. The summed E-state index contributed by atoms with van der Waals surface area (Å²) >= 11 is 3.35. The summed E-state index contributed by atoms with van der Waals surface area (Å²) in [5.41, 5.74) is 0.359. The smallest absolute Gasteiger partial charge is 0.255 e. The number of nitrogens with one attached hydrogen (secondary N) is 1. The molecule has 1 aliphatic carbocycles. The molecule has 3 rings (SSSR count). The average Bonchev–Trinajstić information content (AvgIpc) is 3.30. The van der Waals surface area contributed by atoms with Crippen LogP contribution in [0.3, 0.4) is 0 Å². The summed E-state index contributed by atoms with van der Waals surface area (Å²) in [6.45, 7) is 3.41. The van der Waals surface area contributed by atoms with E-state index in [-0.39, 0.29) is 22.9 Å². The molecule has 1 amide bonds. The van der Waals surface area contributed by atoms with Gasteiger partial charge in [-0.1, -0.05) is 0 Å². The third-order valence-electron chi connectivity index (χ3n) is 3.91. The third-order valence-corrected chi connectivity index (χ3v) is 6.12. The minimum absolute atomic E-state index is 0.0186. The van der Waals surface area contributed by atoms with Gasteiger partial charge >= 0.3 is 0 Å². The maximum absolute atomic E-state index is 12.7. The Morgan fingerprint density at radius 3 is 2.78 bits per heavy atom. The summed E-state index contributed by atoms with van der Waals surface area (Å²) in [4.78, 5) is 14.5. The molecule has 0 bridgehead atoms. The zero-order valence-corrected chi connectivity index (χ0v) is 15.2. The number of rotatable bonds is 4. The second-order valence-electron chi connectivity index (χ2n) is 5.97. The lowest BCUT2D eigenvalue weighted by Gasteiger charge is -2.31. The van der Waals surface area contributed by atoms with Gasteiger partial charge in [-0.15, -0.1) is 0 Å². The Morgan fingerprint density at radius 2 is 2.13 bits per heavy atom. The van der Waals surface area contributed by atoms with E-state index in [1.54, 1.807) is 11.0 Å². The van der Waals surface area contributed by atoms with Crippen molar-refractivity contribution in [1.82, 2.24) is 9.62 Å². The van der Waals surface area contributed by atoms with Gasteiger partial charge in [-0.25, -0.2) is 13.1 Å². The average molecular weight is 403 g/mol. The van der Waals surface area contributed by atoms with E-state index in [1.807, 2.05) is 6.92 Å². The molecular weight excluding hydrogens is 384 g/mol. The van der Waals surface area contributed by atoms with Crippen LogP contribution in [0.4, 0.5) is 0 Å². The lowest BCUT2D eigenvalue weighted by atomic mass is 10.2. The normalized spacial score (nSPS) is 22.2. The van der Waals surface area contributed by atoms with Crippen LogP contribution in [0.5, 0.6) is 0 Å². The predicted molar refractivity (Wildman–Crippen MR) is 88.8 cm³/mol. The number of ether oxygens (including phenoxy) is 1. The fraction of sp³-hybridized carbons (Fsp3) is 0.533. The SMILES string of the molecule is CC1CN(C(=O)c2cc(S(=O)(=O)NC3CC3)ccc2Br)CCO1. The molecule has 1 N–H and O–H groups in total. The van der Waals surface area contributed by atoms with Crippen LogP contribution in [-0.4, -0.2) is 51.1 Å². The van der Waals surface area contributed by atoms with Gasteiger partial charge in [0.05, 0.1) is 23.2 Å². The van der Waals surface area contributed by atoms with E-state index in [2.05, 4.69) is 20.7 Å². The van der Waals surface area contributed by atoms with Crippen molar-refractivity contribution in [1.29, 1.82) is 0 Å². The summed E-state index contributed by atoms with van der Waals surface area (Å²) < 4.78 is 33.3. The monoisotopic (exact) mass is 402 g/mol. The number of nitrogens with zero attached hydrogens (tertiary/aromatic N) is 1. The zero-order valence-electron chi connectivity index (χ0n) is 12.8. The number of hydrogen-bond acceptors (Lipinski definition) is 4. The molecule has 0 radical (unpaired) electrons. The highest BCUT2D eigenvalue weighted by atomic mass is 79.9. The van der Waals surface area contributed by atoms with Crippen molar-refractivity contribution >= 4 is 31.9 Å². The van der Waals surface area contributed by atoms with E-state index in [1.165, 1.54) is 12.1 Å². The molecule has 1 saturated carbocycles. The van der Waals surface area contributed by atoms with Gasteiger partial charge in [-0.2, -0.15) is 0 Å². The van der Waals surface area contributed by atoms with Crippen LogP contribution in [0.15, 0.2) is 27.6 Å². The molecule has 6 nitrogen and oxygen atoms in total. The summed E-state index contributed by atoms with van der Waals surface area (Å²) in [6.07, 6.45) is 1.72. The second-order valence-corrected chi connectivity index (χ2v) is 8.54. The summed E-state index contributed by atoms with van der Waals surface area (Å²) in [5, 5.41) is 0. The standard InChI is InChI=1S/C15H19BrN2O4S/c1-10-9-18(6-7-22-10)15(19)13-8-12(4-5-14(13)16)23(20,21)17-11-2-3-11/h4-5,8,10-11,17H,2-3,6-7,9H2,1H3. The molecule has 1 aliphatic heterocycles. The highest BCUT2D eigenvalue weighted by Gasteiger charge is 2.29. The number of morpholine rings is 1. The number of carbonyl (C=O) groups is 1. The Balaban J connectivity index is 1.86. The quantitative estimate of drug-likeness (QED) is 0.831. The Morgan fingerprint density at radius 1 is 1.39 bits per heavy atom. The van der Waals surface area contributed by atoms with E-state index in [0.717, 1.165) is 12.8 Å². The maximum atomic E-state index is 12.7. The van der Waals surface area contributed by atoms with Gasteiger partial charge in [0.25, 0.3) is 5.91 Å². The molecule has 1 heterocycles. The molecule has 8 heteroatoms. The van der Waals surface area contributed by atoms with E-state index in [9.17, 15) is 13.2 Å². The first kappa shape index (κ1) is 16.9. The van der Waals surface area contributed by atoms with Crippen LogP contribution < -0.4 is 4.72 Å². The summed E-state index contributed by atoms with van der Waals surface area (Å²) in [7, 11) is -3.58. The first-order chi connectivity index (χ1) is 10.9. The van der Waals surface area contributed by atoms with Gasteiger partial charge in [-0.3, -0.25) is 4.79 Å². The first-order valence-electron chi connectivity index (χ1n) is 7.59. The minimum Gasteiger partial charge on any atom is -0.375 e. The molecule has 2 aliphatic rings. The van der Waals surface area contributed by atoms with E-state index in [0.29, 0.717) is 29.7 Å². The van der Waals surface area contributed by atoms with E-state index < -0.39 is 10.0 Å². The Kier molecular flexibility index (Phi) is 4.78. The van der Waals surface area contributed by atoms with Crippen molar-refractivity contribution in [2.24, 2.45) is 0 Å². The molecule has 1 aromatic carbocycles. The van der Waals surface area contributed by atoms with Gasteiger partial charge < -0.3 is 9.64 Å². The molecule has 1 unspecified atom stereocenters. The third kappa shape index (κ3) is 3.93. The van der Waals surface area contributed by atoms with Crippen LogP contribution in [0.25, 0.3) is 0 Å². The molecule has 0 aromatic heterocycles. The minimum atomic E-state index is -3.58. The van der Waals surface area contributed by atoms with Gasteiger partial charge in [0.2, 0.25) is 10.0 Å². The van der Waals surface area contributed by atoms with Gasteiger partial charge in [0.15, 0.2) is 0 Å². The molecule has 126 valence electrons. The summed E-state index contributed by atoms with van der Waals surface area (Å²) in [6, 6.07) is 4.59. The zero-order chi connectivity index (χ0) is 16.6. The fourth-order valence-corrected chi connectivity index (χ4v) is 4.24. The molecule has 1 aromatic rings. The van der Waals surface area contributed by atoms with Crippen LogP contribution >= 0.6 is 15.9 Å². The first-order valence-corrected chi connectivity index (χ1v) is 9.87. The highest BCUT2D eigenvalue weighted by molar-refractivity contribution is 9.10. The van der Waals surface area contributed by atoms with E-state index >= 15 is 0 Å². The van der Waals surface area contributed by atoms with Gasteiger partial charge in [0.1, 0.15) is 0 Å². The number of benzene rings is 1. The lowest BCUT2D eigenvalue weighted by molar-refractivity contribution is -0.0124. The Hall–Kier alpha value is -0.960. The lowest BCUT2D eigenvalue weighted by Crippen LogP contribution is -2.44.